The van der Waals surface area contributed by atoms with Crippen molar-refractivity contribution >= 4 is 28.4 Å². The van der Waals surface area contributed by atoms with Crippen LogP contribution < -0.4 is 10.1 Å². The van der Waals surface area contributed by atoms with Gasteiger partial charge in [0.1, 0.15) is 18.2 Å². The van der Waals surface area contributed by atoms with Crippen molar-refractivity contribution in [2.75, 3.05) is 6.61 Å². The van der Waals surface area contributed by atoms with E-state index in [0.29, 0.717) is 16.5 Å². The van der Waals surface area contributed by atoms with Crippen LogP contribution in [0.3, 0.4) is 0 Å². The first kappa shape index (κ1) is 24.5. The van der Waals surface area contributed by atoms with E-state index < -0.39 is 18.1 Å². The second-order valence-electron chi connectivity index (χ2n) is 8.01. The number of halogens is 5. The highest BCUT2D eigenvalue weighted by atomic mass is 35.5. The molecular weight excluding hydrogens is 486 g/mol. The van der Waals surface area contributed by atoms with Gasteiger partial charge in [-0.2, -0.15) is 18.3 Å². The molecule has 0 bridgehead atoms. The molecule has 1 atom stereocenters. The lowest BCUT2D eigenvalue weighted by Gasteiger charge is -2.21. The fourth-order valence-electron chi connectivity index (χ4n) is 3.66. The van der Waals surface area contributed by atoms with Crippen molar-refractivity contribution in [2.45, 2.75) is 25.6 Å². The average molecular weight is 506 g/mol. The molecule has 0 spiro atoms. The van der Waals surface area contributed by atoms with Crippen LogP contribution in [0, 0.1) is 12.7 Å². The number of carbonyl (C=O) groups excluding carboxylic acids is 1. The molecule has 0 saturated heterocycles. The van der Waals surface area contributed by atoms with Gasteiger partial charge in [0.25, 0.3) is 0 Å². The minimum absolute atomic E-state index is 0.121. The molecule has 0 unspecified atom stereocenters. The predicted octanol–water partition coefficient (Wildman–Crippen LogP) is 5.80. The summed E-state index contributed by atoms with van der Waals surface area (Å²) in [5.41, 5.74) is 2.94. The van der Waals surface area contributed by atoms with Crippen LogP contribution in [-0.4, -0.2) is 34.5 Å². The van der Waals surface area contributed by atoms with Gasteiger partial charge in [-0.15, -0.1) is 0 Å². The van der Waals surface area contributed by atoms with Gasteiger partial charge in [0, 0.05) is 10.4 Å². The van der Waals surface area contributed by atoms with Crippen LogP contribution in [0.25, 0.3) is 16.6 Å². The topological polar surface area (TPSA) is 56.1 Å². The van der Waals surface area contributed by atoms with Crippen molar-refractivity contribution < 1.29 is 27.1 Å². The Labute approximate surface area is 203 Å². The summed E-state index contributed by atoms with van der Waals surface area (Å²) < 4.78 is 59.3. The molecule has 0 aliphatic rings. The molecule has 0 fully saturated rings. The van der Waals surface area contributed by atoms with Crippen molar-refractivity contribution in [3.05, 3.63) is 88.8 Å². The third-order valence-electron chi connectivity index (χ3n) is 5.43. The zero-order valence-corrected chi connectivity index (χ0v) is 19.2. The van der Waals surface area contributed by atoms with Crippen LogP contribution >= 0.6 is 11.6 Å². The number of carbonyl (C=O) groups is 1. The summed E-state index contributed by atoms with van der Waals surface area (Å²) >= 11 is 5.97. The second-order valence-corrected chi connectivity index (χ2v) is 8.44. The molecule has 182 valence electrons. The number of ether oxygens (including phenoxy) is 1. The van der Waals surface area contributed by atoms with Gasteiger partial charge >= 0.3 is 12.1 Å². The molecule has 1 aromatic heterocycles. The normalized spacial score (nSPS) is 12.5. The Hall–Kier alpha value is -3.59. The number of rotatable bonds is 7. The van der Waals surface area contributed by atoms with E-state index in [9.17, 15) is 22.4 Å². The van der Waals surface area contributed by atoms with Crippen molar-refractivity contribution in [2.24, 2.45) is 0 Å². The fourth-order valence-corrected chi connectivity index (χ4v) is 3.88. The molecule has 5 nitrogen and oxygen atoms in total. The Kier molecular flexibility index (Phi) is 6.98. The predicted molar refractivity (Wildman–Crippen MR) is 124 cm³/mol. The molecule has 0 saturated carbocycles. The SMILES string of the molecule is Cc1cc(Cl)ccc1C[C@@H](COc1ccc2c(cnn2-c2ccc(F)cc2)c1)NC(=O)C(F)(F)F. The number of nitrogens with one attached hydrogen (secondary N) is 1. The molecule has 4 rings (SSSR count). The molecule has 0 radical (unpaired) electrons. The maximum Gasteiger partial charge on any atom is 0.471 e. The van der Waals surface area contributed by atoms with Gasteiger partial charge in [-0.3, -0.25) is 4.79 Å². The standard InChI is InChI=1S/C25H20ClF4N3O2/c1-15-10-18(26)3-2-16(15)11-20(32-24(34)25(28,29)30)14-35-22-8-9-23-17(12-22)13-31-33(23)21-6-4-19(27)5-7-21/h2-10,12-13,20H,11,14H2,1H3,(H,32,34)/t20-/m0/s1. The number of hydrogen-bond acceptors (Lipinski definition) is 3. The van der Waals surface area contributed by atoms with Gasteiger partial charge in [0.2, 0.25) is 0 Å². The van der Waals surface area contributed by atoms with Crippen LogP contribution in [0.1, 0.15) is 11.1 Å². The van der Waals surface area contributed by atoms with Crippen molar-refractivity contribution in [3.63, 3.8) is 0 Å². The summed E-state index contributed by atoms with van der Waals surface area (Å²) in [5, 5.41) is 7.56. The van der Waals surface area contributed by atoms with Crippen molar-refractivity contribution in [3.8, 4) is 11.4 Å². The van der Waals surface area contributed by atoms with Crippen LogP contribution in [0.5, 0.6) is 5.75 Å². The Bertz CT molecular complexity index is 1350. The summed E-state index contributed by atoms with van der Waals surface area (Å²) in [5.74, 6) is -1.99. The molecule has 0 aliphatic heterocycles. The first-order valence-corrected chi connectivity index (χ1v) is 11.0. The molecule has 1 N–H and O–H groups in total. The third kappa shape index (κ3) is 5.92. The minimum atomic E-state index is -5.01. The van der Waals surface area contributed by atoms with Crippen LogP contribution in [0.15, 0.2) is 66.9 Å². The molecule has 10 heteroatoms. The van der Waals surface area contributed by atoms with Crippen LogP contribution in [0.4, 0.5) is 17.6 Å². The Morgan fingerprint density at radius 2 is 1.86 bits per heavy atom. The van der Waals surface area contributed by atoms with E-state index in [1.165, 1.54) is 12.1 Å². The van der Waals surface area contributed by atoms with Gasteiger partial charge < -0.3 is 10.1 Å². The number of amides is 1. The molecule has 3 aromatic carbocycles. The highest BCUT2D eigenvalue weighted by molar-refractivity contribution is 6.30. The molecule has 1 heterocycles. The maximum absolute atomic E-state index is 13.2. The third-order valence-corrected chi connectivity index (χ3v) is 5.66. The summed E-state index contributed by atoms with van der Waals surface area (Å²) in [7, 11) is 0. The van der Waals surface area contributed by atoms with E-state index in [4.69, 9.17) is 16.3 Å². The van der Waals surface area contributed by atoms with Gasteiger partial charge in [-0.05, 0) is 79.1 Å². The lowest BCUT2D eigenvalue weighted by molar-refractivity contribution is -0.174. The Morgan fingerprint density at radius 3 is 2.54 bits per heavy atom. The largest absolute Gasteiger partial charge is 0.491 e. The molecule has 0 aliphatic carbocycles. The number of alkyl halides is 3. The average Bonchev–Trinajstić information content (AvgIpc) is 3.22. The first-order valence-electron chi connectivity index (χ1n) is 10.6. The fraction of sp³-hybridized carbons (Fsp3) is 0.200. The second kappa shape index (κ2) is 9.95. The monoisotopic (exact) mass is 505 g/mol. The zero-order valence-electron chi connectivity index (χ0n) is 18.4. The van der Waals surface area contributed by atoms with E-state index >= 15 is 0 Å². The van der Waals surface area contributed by atoms with E-state index in [0.717, 1.165) is 22.0 Å². The van der Waals surface area contributed by atoms with Crippen molar-refractivity contribution in [1.29, 1.82) is 0 Å². The summed E-state index contributed by atoms with van der Waals surface area (Å²) in [4.78, 5) is 11.6. The summed E-state index contributed by atoms with van der Waals surface area (Å²) in [6, 6.07) is 15.1. The molecule has 1 amide bonds. The van der Waals surface area contributed by atoms with Crippen LogP contribution in [-0.2, 0) is 11.2 Å². The quantitative estimate of drug-likeness (QED) is 0.323. The number of nitrogens with zero attached hydrogens (tertiary/aromatic N) is 2. The van der Waals surface area contributed by atoms with Crippen LogP contribution in [0.2, 0.25) is 5.02 Å². The molecule has 4 aromatic rings. The van der Waals surface area contributed by atoms with Gasteiger partial charge in [0.15, 0.2) is 0 Å². The van der Waals surface area contributed by atoms with Crippen molar-refractivity contribution in [1.82, 2.24) is 15.1 Å². The highest BCUT2D eigenvalue weighted by Gasteiger charge is 2.39. The van der Waals surface area contributed by atoms with Gasteiger partial charge in [-0.25, -0.2) is 9.07 Å². The Balaban J connectivity index is 1.52. The molecule has 35 heavy (non-hydrogen) atoms. The van der Waals surface area contributed by atoms with Gasteiger partial charge in [-0.1, -0.05) is 17.7 Å². The number of aromatic nitrogens is 2. The van der Waals surface area contributed by atoms with E-state index in [1.807, 2.05) is 5.32 Å². The lowest BCUT2D eigenvalue weighted by atomic mass is 10.0. The lowest BCUT2D eigenvalue weighted by Crippen LogP contribution is -2.46. The van der Waals surface area contributed by atoms with Gasteiger partial charge in [0.05, 0.1) is 23.4 Å². The Morgan fingerprint density at radius 1 is 1.11 bits per heavy atom. The minimum Gasteiger partial charge on any atom is -0.491 e. The summed E-state index contributed by atoms with van der Waals surface area (Å²) in [6.07, 6.45) is -3.29. The van der Waals surface area contributed by atoms with E-state index in [2.05, 4.69) is 5.10 Å². The van der Waals surface area contributed by atoms with E-state index in [-0.39, 0.29) is 18.8 Å². The van der Waals surface area contributed by atoms with E-state index in [1.54, 1.807) is 66.3 Å². The number of benzene rings is 3. The first-order chi connectivity index (χ1) is 16.6. The zero-order chi connectivity index (χ0) is 25.2. The smallest absolute Gasteiger partial charge is 0.471 e. The number of aryl methyl sites for hydroxylation is 1. The highest BCUT2D eigenvalue weighted by Crippen LogP contribution is 2.24. The number of fused-ring (bicyclic) bond motifs is 1. The molecular formula is C25H20ClF4N3O2. The number of hydrogen-bond donors (Lipinski definition) is 1. The summed E-state index contributed by atoms with van der Waals surface area (Å²) in [6.45, 7) is 1.60. The maximum atomic E-state index is 13.2.